The molecule has 5 nitrogen and oxygen atoms in total. The maximum absolute atomic E-state index is 12.6. The van der Waals surface area contributed by atoms with Gasteiger partial charge in [-0.25, -0.2) is 4.79 Å². The molecule has 8 heteroatoms. The summed E-state index contributed by atoms with van der Waals surface area (Å²) in [6.07, 6.45) is -3.63. The number of nitrogens with one attached hydrogen (secondary N) is 1. The molecule has 0 aromatic heterocycles. The van der Waals surface area contributed by atoms with Crippen molar-refractivity contribution in [3.05, 3.63) is 35.4 Å². The Hall–Kier alpha value is -2.25. The summed E-state index contributed by atoms with van der Waals surface area (Å²) in [6.45, 7) is 5.21. The molecule has 1 saturated heterocycles. The van der Waals surface area contributed by atoms with Crippen LogP contribution in [0.2, 0.25) is 0 Å². The Morgan fingerprint density at radius 2 is 1.77 bits per heavy atom. The number of alkyl halides is 3. The van der Waals surface area contributed by atoms with Gasteiger partial charge in [0, 0.05) is 24.7 Å². The monoisotopic (exact) mass is 372 g/mol. The molecule has 1 heterocycles. The average Bonchev–Trinajstić information content (AvgIpc) is 2.59. The molecule has 0 spiro atoms. The van der Waals surface area contributed by atoms with Crippen molar-refractivity contribution < 1.29 is 27.5 Å². The van der Waals surface area contributed by atoms with Crippen LogP contribution >= 0.6 is 0 Å². The standard InChI is InChI=1S/C18H23F3N2O3/c1-12(2)11-26-17(25)23-9-7-15(8-10-23)22-16(24)13-3-5-14(6-4-13)18(19,20)21/h3-6,12,15H,7-11H2,1-2H3,(H,22,24). The van der Waals surface area contributed by atoms with Gasteiger partial charge in [-0.15, -0.1) is 0 Å². The summed E-state index contributed by atoms with van der Waals surface area (Å²) in [5.41, 5.74) is -0.612. The van der Waals surface area contributed by atoms with Crippen molar-refractivity contribution >= 4 is 12.0 Å². The van der Waals surface area contributed by atoms with Crippen LogP contribution in [-0.4, -0.2) is 42.6 Å². The number of carbonyl (C=O) groups excluding carboxylic acids is 2. The fourth-order valence-electron chi connectivity index (χ4n) is 2.61. The van der Waals surface area contributed by atoms with Crippen LogP contribution in [0.3, 0.4) is 0 Å². The van der Waals surface area contributed by atoms with Gasteiger partial charge in [0.2, 0.25) is 0 Å². The Labute approximate surface area is 150 Å². The molecule has 2 amide bonds. The second-order valence-corrected chi connectivity index (χ2v) is 6.78. The number of hydrogen-bond acceptors (Lipinski definition) is 3. The van der Waals surface area contributed by atoms with E-state index in [2.05, 4.69) is 5.32 Å². The first-order valence-corrected chi connectivity index (χ1v) is 8.56. The van der Waals surface area contributed by atoms with Crippen LogP contribution in [0, 0.1) is 5.92 Å². The molecular formula is C18H23F3N2O3. The third kappa shape index (κ3) is 5.64. The third-order valence-electron chi connectivity index (χ3n) is 4.10. The van der Waals surface area contributed by atoms with Gasteiger partial charge in [-0.05, 0) is 43.0 Å². The number of nitrogens with zero attached hydrogens (tertiary/aromatic N) is 1. The van der Waals surface area contributed by atoms with Crippen molar-refractivity contribution in [2.75, 3.05) is 19.7 Å². The van der Waals surface area contributed by atoms with Crippen LogP contribution in [0.15, 0.2) is 24.3 Å². The second-order valence-electron chi connectivity index (χ2n) is 6.78. The zero-order chi connectivity index (χ0) is 19.3. The van der Waals surface area contributed by atoms with E-state index in [1.807, 2.05) is 13.8 Å². The number of rotatable bonds is 4. The molecule has 0 saturated carbocycles. The number of ether oxygens (including phenoxy) is 1. The molecule has 1 N–H and O–H groups in total. The zero-order valence-corrected chi connectivity index (χ0v) is 14.8. The molecule has 0 bridgehead atoms. The molecule has 0 atom stereocenters. The van der Waals surface area contributed by atoms with Gasteiger partial charge in [0.25, 0.3) is 5.91 Å². The minimum atomic E-state index is -4.42. The second kappa shape index (κ2) is 8.42. The van der Waals surface area contributed by atoms with Crippen LogP contribution < -0.4 is 5.32 Å². The Morgan fingerprint density at radius 1 is 1.19 bits per heavy atom. The van der Waals surface area contributed by atoms with Crippen molar-refractivity contribution in [1.29, 1.82) is 0 Å². The van der Waals surface area contributed by atoms with E-state index in [0.29, 0.717) is 32.5 Å². The average molecular weight is 372 g/mol. The number of carbonyl (C=O) groups is 2. The molecule has 1 aliphatic heterocycles. The molecule has 144 valence electrons. The van der Waals surface area contributed by atoms with Gasteiger partial charge in [0.05, 0.1) is 12.2 Å². The highest BCUT2D eigenvalue weighted by Crippen LogP contribution is 2.29. The summed E-state index contributed by atoms with van der Waals surface area (Å²) >= 11 is 0. The Kier molecular flexibility index (Phi) is 6.50. The Balaban J connectivity index is 1.81. The minimum absolute atomic E-state index is 0.126. The van der Waals surface area contributed by atoms with E-state index in [1.54, 1.807) is 4.90 Å². The number of hydrogen-bond donors (Lipinski definition) is 1. The topological polar surface area (TPSA) is 58.6 Å². The molecule has 0 radical (unpaired) electrons. The molecule has 0 aliphatic carbocycles. The van der Waals surface area contributed by atoms with Gasteiger partial charge in [0.1, 0.15) is 0 Å². The van der Waals surface area contributed by atoms with Crippen LogP contribution in [0.1, 0.15) is 42.6 Å². The lowest BCUT2D eigenvalue weighted by Gasteiger charge is -2.31. The first-order valence-electron chi connectivity index (χ1n) is 8.56. The molecule has 1 fully saturated rings. The van der Waals surface area contributed by atoms with Crippen LogP contribution in [0.5, 0.6) is 0 Å². The predicted octanol–water partition coefficient (Wildman–Crippen LogP) is 3.69. The lowest BCUT2D eigenvalue weighted by molar-refractivity contribution is -0.137. The van der Waals surface area contributed by atoms with E-state index >= 15 is 0 Å². The highest BCUT2D eigenvalue weighted by molar-refractivity contribution is 5.94. The van der Waals surface area contributed by atoms with Gasteiger partial charge in [-0.3, -0.25) is 4.79 Å². The summed E-state index contributed by atoms with van der Waals surface area (Å²) < 4.78 is 42.8. The summed E-state index contributed by atoms with van der Waals surface area (Å²) in [5.74, 6) is -0.154. The van der Waals surface area contributed by atoms with Crippen molar-refractivity contribution in [2.24, 2.45) is 5.92 Å². The number of likely N-dealkylation sites (tertiary alicyclic amines) is 1. The van der Waals surface area contributed by atoms with Crippen LogP contribution in [0.4, 0.5) is 18.0 Å². The lowest BCUT2D eigenvalue weighted by atomic mass is 10.0. The SMILES string of the molecule is CC(C)COC(=O)N1CCC(NC(=O)c2ccc(C(F)(F)F)cc2)CC1. The minimum Gasteiger partial charge on any atom is -0.449 e. The molecule has 0 unspecified atom stereocenters. The van der Waals surface area contributed by atoms with E-state index in [0.717, 1.165) is 24.3 Å². The summed E-state index contributed by atoms with van der Waals surface area (Å²) in [4.78, 5) is 25.7. The van der Waals surface area contributed by atoms with Crippen molar-refractivity contribution in [3.8, 4) is 0 Å². The first-order chi connectivity index (χ1) is 12.2. The van der Waals surface area contributed by atoms with Crippen molar-refractivity contribution in [2.45, 2.75) is 38.9 Å². The zero-order valence-electron chi connectivity index (χ0n) is 14.8. The largest absolute Gasteiger partial charge is 0.449 e. The number of amides is 2. The van der Waals surface area contributed by atoms with Crippen LogP contribution in [-0.2, 0) is 10.9 Å². The quantitative estimate of drug-likeness (QED) is 0.877. The van der Waals surface area contributed by atoms with E-state index in [9.17, 15) is 22.8 Å². The molecule has 1 aromatic rings. The van der Waals surface area contributed by atoms with Crippen molar-refractivity contribution in [3.63, 3.8) is 0 Å². The smallest absolute Gasteiger partial charge is 0.416 e. The van der Waals surface area contributed by atoms with Gasteiger partial charge >= 0.3 is 12.3 Å². The summed E-state index contributed by atoms with van der Waals surface area (Å²) in [5, 5.41) is 2.80. The molecule has 26 heavy (non-hydrogen) atoms. The normalized spacial score (nSPS) is 15.8. The van der Waals surface area contributed by atoms with Gasteiger partial charge < -0.3 is 15.0 Å². The van der Waals surface area contributed by atoms with Gasteiger partial charge in [0.15, 0.2) is 0 Å². The highest BCUT2D eigenvalue weighted by Gasteiger charge is 2.30. The maximum atomic E-state index is 12.6. The third-order valence-corrected chi connectivity index (χ3v) is 4.10. The molecule has 1 aliphatic rings. The maximum Gasteiger partial charge on any atom is 0.416 e. The number of benzene rings is 1. The predicted molar refractivity (Wildman–Crippen MR) is 89.7 cm³/mol. The number of halogens is 3. The van der Waals surface area contributed by atoms with E-state index < -0.39 is 17.6 Å². The number of piperidine rings is 1. The fraction of sp³-hybridized carbons (Fsp3) is 0.556. The molecule has 2 rings (SSSR count). The van der Waals surface area contributed by atoms with E-state index in [4.69, 9.17) is 4.74 Å². The van der Waals surface area contributed by atoms with Gasteiger partial charge in [-0.2, -0.15) is 13.2 Å². The summed E-state index contributed by atoms with van der Waals surface area (Å²) in [7, 11) is 0. The first kappa shape index (κ1) is 20.1. The highest BCUT2D eigenvalue weighted by atomic mass is 19.4. The Morgan fingerprint density at radius 3 is 2.27 bits per heavy atom. The van der Waals surface area contributed by atoms with Crippen molar-refractivity contribution in [1.82, 2.24) is 10.2 Å². The molecule has 1 aromatic carbocycles. The Bertz CT molecular complexity index is 622. The summed E-state index contributed by atoms with van der Waals surface area (Å²) in [6, 6.07) is 3.98. The van der Waals surface area contributed by atoms with E-state index in [-0.39, 0.29) is 23.6 Å². The van der Waals surface area contributed by atoms with Crippen LogP contribution in [0.25, 0.3) is 0 Å². The molecular weight excluding hydrogens is 349 g/mol. The lowest BCUT2D eigenvalue weighted by Crippen LogP contribution is -2.46. The fourth-order valence-corrected chi connectivity index (χ4v) is 2.61. The van der Waals surface area contributed by atoms with Gasteiger partial charge in [-0.1, -0.05) is 13.8 Å². The van der Waals surface area contributed by atoms with E-state index in [1.165, 1.54) is 0 Å².